The number of rotatable bonds is 10. The van der Waals surface area contributed by atoms with Crippen LogP contribution in [-0.2, 0) is 11.3 Å². The molecule has 1 heterocycles. The van der Waals surface area contributed by atoms with E-state index in [1.54, 1.807) is 48.7 Å². The molecule has 1 atom stereocenters. The second-order valence-electron chi connectivity index (χ2n) is 9.30. The third-order valence-corrected chi connectivity index (χ3v) is 6.65. The summed E-state index contributed by atoms with van der Waals surface area (Å²) in [5, 5.41) is 27.4. The van der Waals surface area contributed by atoms with Crippen LogP contribution in [0.25, 0.3) is 0 Å². The normalized spacial score (nSPS) is 11.4. The van der Waals surface area contributed by atoms with Crippen molar-refractivity contribution in [3.05, 3.63) is 123 Å². The Labute approximate surface area is 240 Å². The molecule has 4 rings (SSSR count). The quantitative estimate of drug-likeness (QED) is 0.164. The Morgan fingerprint density at radius 1 is 0.927 bits per heavy atom. The first-order valence-corrected chi connectivity index (χ1v) is 12.9. The van der Waals surface area contributed by atoms with Crippen molar-refractivity contribution in [1.29, 1.82) is 0 Å². The van der Waals surface area contributed by atoms with E-state index in [0.29, 0.717) is 21.8 Å². The summed E-state index contributed by atoms with van der Waals surface area (Å²) >= 11 is 6.29. The fourth-order valence-corrected chi connectivity index (χ4v) is 4.31. The fourth-order valence-electron chi connectivity index (χ4n) is 4.12. The molecule has 0 radical (unpaired) electrons. The number of aromatic carboxylic acids is 1. The number of benzene rings is 3. The van der Waals surface area contributed by atoms with Crippen molar-refractivity contribution in [2.75, 3.05) is 10.6 Å². The van der Waals surface area contributed by atoms with E-state index < -0.39 is 29.6 Å². The second kappa shape index (κ2) is 12.8. The summed E-state index contributed by atoms with van der Waals surface area (Å²) < 4.78 is 1.38. The summed E-state index contributed by atoms with van der Waals surface area (Å²) in [4.78, 5) is 49.5. The SMILES string of the molecule is Cc1ccc([C@H](CC(=O)O)NC(=O)Nc2c(Nc3ccc(C(=O)O)cc3)ccn(Cc3ccccc3Cl)c2=O)cc1. The maximum atomic E-state index is 13.6. The third-order valence-electron chi connectivity index (χ3n) is 6.28. The number of aliphatic carboxylic acids is 1. The molecular formula is C30H27ClN4O6. The van der Waals surface area contributed by atoms with Gasteiger partial charge in [0.15, 0.2) is 0 Å². The zero-order valence-electron chi connectivity index (χ0n) is 21.9. The Bertz CT molecular complexity index is 1630. The van der Waals surface area contributed by atoms with Crippen molar-refractivity contribution in [1.82, 2.24) is 9.88 Å². The molecule has 0 spiro atoms. The molecule has 0 saturated carbocycles. The number of aryl methyl sites for hydroxylation is 1. The lowest BCUT2D eigenvalue weighted by Crippen LogP contribution is -2.36. The summed E-state index contributed by atoms with van der Waals surface area (Å²) in [5.74, 6) is -2.19. The molecule has 0 bridgehead atoms. The minimum atomic E-state index is -1.11. The highest BCUT2D eigenvalue weighted by molar-refractivity contribution is 6.31. The summed E-state index contributed by atoms with van der Waals surface area (Å²) in [6, 6.07) is 20.0. The standard InChI is InChI=1S/C30H27ClN4O6/c1-18-6-8-19(9-7-18)25(16-26(36)37)33-30(41)34-27-24(32-22-12-10-20(11-13-22)29(39)40)14-15-35(28(27)38)17-21-4-2-3-5-23(21)31/h2-15,25,32H,16-17H2,1H3,(H,36,37)(H,39,40)(H2,33,34,41)/t25-/m0/s1. The van der Waals surface area contributed by atoms with E-state index in [0.717, 1.165) is 5.56 Å². The number of hydrogen-bond donors (Lipinski definition) is 5. The Morgan fingerprint density at radius 3 is 2.24 bits per heavy atom. The molecule has 0 aliphatic carbocycles. The van der Waals surface area contributed by atoms with Crippen LogP contribution in [0.1, 0.15) is 39.5 Å². The first-order chi connectivity index (χ1) is 19.6. The largest absolute Gasteiger partial charge is 0.481 e. The molecule has 5 N–H and O–H groups in total. The number of nitrogens with zero attached hydrogens (tertiary/aromatic N) is 1. The molecular weight excluding hydrogens is 548 g/mol. The molecule has 0 saturated heterocycles. The van der Waals surface area contributed by atoms with Crippen molar-refractivity contribution >= 4 is 46.6 Å². The van der Waals surface area contributed by atoms with Crippen LogP contribution in [0.15, 0.2) is 89.9 Å². The van der Waals surface area contributed by atoms with E-state index in [-0.39, 0.29) is 29.9 Å². The topological polar surface area (TPSA) is 150 Å². The third kappa shape index (κ3) is 7.52. The molecule has 11 heteroatoms. The number of carboxylic acids is 2. The number of pyridine rings is 1. The second-order valence-corrected chi connectivity index (χ2v) is 9.70. The first-order valence-electron chi connectivity index (χ1n) is 12.5. The summed E-state index contributed by atoms with van der Waals surface area (Å²) in [6.45, 7) is 2.02. The maximum absolute atomic E-state index is 13.6. The van der Waals surface area contributed by atoms with E-state index >= 15 is 0 Å². The average Bonchev–Trinajstić information content (AvgIpc) is 2.93. The summed E-state index contributed by atoms with van der Waals surface area (Å²) in [5.41, 5.74) is 2.42. The molecule has 0 fully saturated rings. The Morgan fingerprint density at radius 2 is 1.61 bits per heavy atom. The van der Waals surface area contributed by atoms with Gasteiger partial charge in [0.2, 0.25) is 0 Å². The lowest BCUT2D eigenvalue weighted by molar-refractivity contribution is -0.137. The Balaban J connectivity index is 1.66. The van der Waals surface area contributed by atoms with Crippen LogP contribution in [0.3, 0.4) is 0 Å². The average molecular weight is 575 g/mol. The van der Waals surface area contributed by atoms with Gasteiger partial charge >= 0.3 is 18.0 Å². The molecule has 0 aliphatic heterocycles. The lowest BCUT2D eigenvalue weighted by atomic mass is 10.0. The number of carboxylic acid groups (broad SMARTS) is 2. The summed E-state index contributed by atoms with van der Waals surface area (Å²) in [6.07, 6.45) is 1.17. The van der Waals surface area contributed by atoms with Crippen LogP contribution in [0, 0.1) is 6.92 Å². The van der Waals surface area contributed by atoms with E-state index in [4.69, 9.17) is 11.6 Å². The van der Waals surface area contributed by atoms with Gasteiger partial charge < -0.3 is 30.7 Å². The highest BCUT2D eigenvalue weighted by Crippen LogP contribution is 2.25. The van der Waals surface area contributed by atoms with Gasteiger partial charge in [0.1, 0.15) is 5.69 Å². The lowest BCUT2D eigenvalue weighted by Gasteiger charge is -2.20. The first kappa shape index (κ1) is 28.9. The molecule has 3 aromatic carbocycles. The van der Waals surface area contributed by atoms with Gasteiger partial charge in [0.25, 0.3) is 5.56 Å². The van der Waals surface area contributed by atoms with E-state index in [2.05, 4.69) is 16.0 Å². The number of hydrogen-bond acceptors (Lipinski definition) is 5. The van der Waals surface area contributed by atoms with Crippen LogP contribution in [-0.4, -0.2) is 32.7 Å². The van der Waals surface area contributed by atoms with Crippen LogP contribution < -0.4 is 21.5 Å². The number of nitrogens with one attached hydrogen (secondary N) is 3. The van der Waals surface area contributed by atoms with Gasteiger partial charge in [-0.3, -0.25) is 9.59 Å². The van der Waals surface area contributed by atoms with Crippen LogP contribution in [0.2, 0.25) is 5.02 Å². The number of carbonyl (C=O) groups is 3. The highest BCUT2D eigenvalue weighted by Gasteiger charge is 2.21. The van der Waals surface area contributed by atoms with Gasteiger partial charge in [-0.05, 0) is 54.4 Å². The number of halogens is 1. The van der Waals surface area contributed by atoms with Crippen molar-refractivity contribution in [2.45, 2.75) is 25.9 Å². The minimum absolute atomic E-state index is 0.0870. The molecule has 2 amide bonds. The molecule has 4 aromatic rings. The van der Waals surface area contributed by atoms with Gasteiger partial charge in [-0.25, -0.2) is 9.59 Å². The minimum Gasteiger partial charge on any atom is -0.481 e. The molecule has 10 nitrogen and oxygen atoms in total. The number of anilines is 3. The van der Waals surface area contributed by atoms with Crippen molar-refractivity contribution < 1.29 is 24.6 Å². The van der Waals surface area contributed by atoms with Crippen molar-refractivity contribution in [3.8, 4) is 0 Å². The number of amides is 2. The van der Waals surface area contributed by atoms with E-state index in [1.165, 1.54) is 28.8 Å². The molecule has 210 valence electrons. The molecule has 0 aliphatic rings. The van der Waals surface area contributed by atoms with Gasteiger partial charge in [0, 0.05) is 16.9 Å². The zero-order valence-corrected chi connectivity index (χ0v) is 22.7. The predicted octanol–water partition coefficient (Wildman–Crippen LogP) is 5.64. The number of carbonyl (C=O) groups excluding carboxylic acids is 1. The molecule has 41 heavy (non-hydrogen) atoms. The van der Waals surface area contributed by atoms with E-state index in [1.807, 2.05) is 19.1 Å². The van der Waals surface area contributed by atoms with Crippen LogP contribution in [0.4, 0.5) is 21.9 Å². The highest BCUT2D eigenvalue weighted by atomic mass is 35.5. The number of aromatic nitrogens is 1. The zero-order chi connectivity index (χ0) is 29.5. The van der Waals surface area contributed by atoms with Gasteiger partial charge in [-0.1, -0.05) is 59.6 Å². The van der Waals surface area contributed by atoms with Gasteiger partial charge in [0.05, 0.1) is 30.3 Å². The molecule has 0 unspecified atom stereocenters. The maximum Gasteiger partial charge on any atom is 0.335 e. The Hall–Kier alpha value is -5.09. The Kier molecular flexibility index (Phi) is 9.05. The van der Waals surface area contributed by atoms with Crippen molar-refractivity contribution in [3.63, 3.8) is 0 Å². The molecule has 1 aromatic heterocycles. The van der Waals surface area contributed by atoms with E-state index in [9.17, 15) is 29.4 Å². The summed E-state index contributed by atoms with van der Waals surface area (Å²) in [7, 11) is 0. The van der Waals surface area contributed by atoms with Gasteiger partial charge in [-0.2, -0.15) is 0 Å². The van der Waals surface area contributed by atoms with Crippen LogP contribution in [0.5, 0.6) is 0 Å². The monoisotopic (exact) mass is 574 g/mol. The number of urea groups is 1. The van der Waals surface area contributed by atoms with Crippen molar-refractivity contribution in [2.24, 2.45) is 0 Å². The fraction of sp³-hybridized carbons (Fsp3) is 0.133. The van der Waals surface area contributed by atoms with Gasteiger partial charge in [-0.15, -0.1) is 0 Å². The predicted molar refractivity (Wildman–Crippen MR) is 156 cm³/mol. The van der Waals surface area contributed by atoms with Crippen LogP contribution >= 0.6 is 11.6 Å². The smallest absolute Gasteiger partial charge is 0.335 e.